The van der Waals surface area contributed by atoms with Crippen molar-refractivity contribution in [3.05, 3.63) is 69.2 Å². The molecular formula is C18H11F2N3O3S. The minimum Gasteiger partial charge on any atom is -0.480 e. The number of halogens is 2. The van der Waals surface area contributed by atoms with Gasteiger partial charge in [0.15, 0.2) is 11.6 Å². The van der Waals surface area contributed by atoms with Gasteiger partial charge in [0.25, 0.3) is 5.69 Å². The molecule has 6 nitrogen and oxygen atoms in total. The van der Waals surface area contributed by atoms with Gasteiger partial charge in [-0.2, -0.15) is 11.3 Å². The van der Waals surface area contributed by atoms with Gasteiger partial charge in [-0.25, -0.2) is 13.8 Å². The van der Waals surface area contributed by atoms with E-state index in [0.717, 1.165) is 5.56 Å². The molecular weight excluding hydrogens is 376 g/mol. The maximum absolute atomic E-state index is 14.6. The second-order valence-electron chi connectivity index (χ2n) is 5.65. The van der Waals surface area contributed by atoms with Crippen molar-refractivity contribution in [3.63, 3.8) is 0 Å². The number of rotatable bonds is 4. The van der Waals surface area contributed by atoms with E-state index in [9.17, 15) is 18.9 Å². The summed E-state index contributed by atoms with van der Waals surface area (Å²) in [5, 5.41) is 15.2. The average Bonchev–Trinajstić information content (AvgIpc) is 3.29. The number of fused-ring (bicyclic) bond motifs is 1. The summed E-state index contributed by atoms with van der Waals surface area (Å²) in [7, 11) is 1.46. The summed E-state index contributed by atoms with van der Waals surface area (Å²) in [6, 6.07) is 4.88. The Bertz CT molecular complexity index is 1150. The topological polar surface area (TPSA) is 70.2 Å². The summed E-state index contributed by atoms with van der Waals surface area (Å²) in [5.74, 6) is -1.76. The smallest absolute Gasteiger partial charge is 0.275 e. The molecule has 0 fully saturated rings. The lowest BCUT2D eigenvalue weighted by atomic mass is 10.1. The van der Waals surface area contributed by atoms with Crippen LogP contribution < -0.4 is 4.74 Å². The van der Waals surface area contributed by atoms with E-state index in [-0.39, 0.29) is 0 Å². The number of non-ortho nitro benzene ring substituents is 1. The molecule has 0 radical (unpaired) electrons. The molecule has 4 rings (SSSR count). The first kappa shape index (κ1) is 17.1. The zero-order valence-corrected chi connectivity index (χ0v) is 14.7. The quantitative estimate of drug-likeness (QED) is 0.367. The summed E-state index contributed by atoms with van der Waals surface area (Å²) >= 11 is 1.48. The molecule has 136 valence electrons. The fourth-order valence-corrected chi connectivity index (χ4v) is 3.67. The molecule has 1 aromatic carbocycles. The Balaban J connectivity index is 2.06. The number of aromatic nitrogens is 2. The molecule has 0 saturated heterocycles. The van der Waals surface area contributed by atoms with Gasteiger partial charge < -0.3 is 9.30 Å². The van der Waals surface area contributed by atoms with Crippen LogP contribution in [0.1, 0.15) is 0 Å². The molecule has 0 spiro atoms. The Labute approximate surface area is 155 Å². The van der Waals surface area contributed by atoms with Crippen LogP contribution in [0.15, 0.2) is 47.4 Å². The van der Waals surface area contributed by atoms with Gasteiger partial charge in [-0.15, -0.1) is 0 Å². The van der Waals surface area contributed by atoms with Crippen LogP contribution in [0.25, 0.3) is 27.7 Å². The highest BCUT2D eigenvalue weighted by Crippen LogP contribution is 2.39. The van der Waals surface area contributed by atoms with Gasteiger partial charge in [-0.1, -0.05) is 0 Å². The van der Waals surface area contributed by atoms with Crippen LogP contribution in [0.3, 0.4) is 0 Å². The van der Waals surface area contributed by atoms with E-state index < -0.39 is 27.9 Å². The Morgan fingerprint density at radius 3 is 2.59 bits per heavy atom. The van der Waals surface area contributed by atoms with Crippen LogP contribution in [0.4, 0.5) is 14.5 Å². The predicted molar refractivity (Wildman–Crippen MR) is 97.5 cm³/mol. The van der Waals surface area contributed by atoms with Crippen LogP contribution in [0, 0.1) is 21.7 Å². The molecule has 0 unspecified atom stereocenters. The molecule has 3 aromatic heterocycles. The standard InChI is InChI=1S/C18H11F2N3O3S/c1-26-18-16-12(10-3-5-27-9-10)8-22(15(16)2-4-21-18)17-13(19)6-11(23(24)25)7-14(17)20/h2-9H,1H3. The van der Waals surface area contributed by atoms with Crippen molar-refractivity contribution in [1.29, 1.82) is 0 Å². The monoisotopic (exact) mass is 387 g/mol. The van der Waals surface area contributed by atoms with Crippen molar-refractivity contribution >= 4 is 27.9 Å². The number of benzene rings is 1. The molecule has 0 aliphatic carbocycles. The SMILES string of the molecule is COc1nccc2c1c(-c1ccsc1)cn2-c1c(F)cc([N+](=O)[O-])cc1F. The number of ether oxygens (including phenoxy) is 1. The lowest BCUT2D eigenvalue weighted by Gasteiger charge is -2.08. The number of methoxy groups -OCH3 is 1. The third-order valence-corrected chi connectivity index (χ3v) is 4.84. The Morgan fingerprint density at radius 1 is 1.26 bits per heavy atom. The van der Waals surface area contributed by atoms with E-state index >= 15 is 0 Å². The van der Waals surface area contributed by atoms with E-state index in [2.05, 4.69) is 4.98 Å². The molecule has 0 saturated carbocycles. The lowest BCUT2D eigenvalue weighted by Crippen LogP contribution is -2.02. The van der Waals surface area contributed by atoms with Gasteiger partial charge in [-0.05, 0) is 28.5 Å². The second kappa shape index (κ2) is 6.44. The van der Waals surface area contributed by atoms with E-state index in [0.29, 0.717) is 34.5 Å². The number of nitro benzene ring substituents is 1. The van der Waals surface area contributed by atoms with Gasteiger partial charge in [0, 0.05) is 18.0 Å². The zero-order valence-electron chi connectivity index (χ0n) is 13.8. The highest BCUT2D eigenvalue weighted by atomic mass is 32.1. The number of nitro groups is 1. The maximum Gasteiger partial charge on any atom is 0.275 e. The predicted octanol–water partition coefficient (Wildman–Crippen LogP) is 4.95. The van der Waals surface area contributed by atoms with Crippen LogP contribution in [-0.4, -0.2) is 21.6 Å². The lowest BCUT2D eigenvalue weighted by molar-refractivity contribution is -0.385. The first-order chi connectivity index (χ1) is 13.0. The Morgan fingerprint density at radius 2 is 2.00 bits per heavy atom. The minimum absolute atomic E-state index is 0.315. The molecule has 27 heavy (non-hydrogen) atoms. The second-order valence-corrected chi connectivity index (χ2v) is 6.43. The maximum atomic E-state index is 14.6. The van der Waals surface area contributed by atoms with Crippen molar-refractivity contribution in [1.82, 2.24) is 9.55 Å². The van der Waals surface area contributed by atoms with Crippen LogP contribution in [0.2, 0.25) is 0 Å². The van der Waals surface area contributed by atoms with E-state index in [1.165, 1.54) is 29.2 Å². The third-order valence-electron chi connectivity index (χ3n) is 4.16. The largest absolute Gasteiger partial charge is 0.480 e. The normalized spacial score (nSPS) is 11.1. The highest BCUT2D eigenvalue weighted by Gasteiger charge is 2.23. The van der Waals surface area contributed by atoms with Crippen molar-refractivity contribution in [3.8, 4) is 22.7 Å². The number of thiophene rings is 1. The Kier molecular flexibility index (Phi) is 4.08. The van der Waals surface area contributed by atoms with Gasteiger partial charge in [0.2, 0.25) is 5.88 Å². The summed E-state index contributed by atoms with van der Waals surface area (Å²) < 4.78 is 35.9. The van der Waals surface area contributed by atoms with Crippen molar-refractivity contribution in [2.45, 2.75) is 0 Å². The minimum atomic E-state index is -1.04. The fraction of sp³-hybridized carbons (Fsp3) is 0.0556. The van der Waals surface area contributed by atoms with Gasteiger partial charge in [0.1, 0.15) is 5.69 Å². The van der Waals surface area contributed by atoms with Crippen molar-refractivity contribution in [2.75, 3.05) is 7.11 Å². The van der Waals surface area contributed by atoms with Gasteiger partial charge >= 0.3 is 0 Å². The van der Waals surface area contributed by atoms with Crippen LogP contribution in [-0.2, 0) is 0 Å². The van der Waals surface area contributed by atoms with Gasteiger partial charge in [-0.3, -0.25) is 10.1 Å². The summed E-state index contributed by atoms with van der Waals surface area (Å²) in [6.07, 6.45) is 3.04. The molecule has 0 aliphatic heterocycles. The molecule has 4 aromatic rings. The molecule has 0 amide bonds. The molecule has 3 heterocycles. The molecule has 0 aliphatic rings. The third kappa shape index (κ3) is 2.72. The first-order valence-corrected chi connectivity index (χ1v) is 8.66. The summed E-state index contributed by atoms with van der Waals surface area (Å²) in [4.78, 5) is 14.2. The average molecular weight is 387 g/mol. The highest BCUT2D eigenvalue weighted by molar-refractivity contribution is 7.08. The zero-order chi connectivity index (χ0) is 19.1. The molecule has 9 heteroatoms. The number of hydrogen-bond donors (Lipinski definition) is 0. The fourth-order valence-electron chi connectivity index (χ4n) is 3.01. The molecule has 0 atom stereocenters. The molecule has 0 bridgehead atoms. The van der Waals surface area contributed by atoms with Crippen molar-refractivity contribution < 1.29 is 18.4 Å². The number of hydrogen-bond acceptors (Lipinski definition) is 5. The first-order valence-electron chi connectivity index (χ1n) is 7.71. The van der Waals surface area contributed by atoms with Gasteiger partial charge in [0.05, 0.1) is 35.1 Å². The number of nitrogens with zero attached hydrogens (tertiary/aromatic N) is 3. The summed E-state index contributed by atoms with van der Waals surface area (Å²) in [5.41, 5.74) is 0.948. The van der Waals surface area contributed by atoms with E-state index in [1.807, 2.05) is 16.8 Å². The number of pyridine rings is 1. The van der Waals surface area contributed by atoms with E-state index in [1.54, 1.807) is 12.3 Å². The van der Waals surface area contributed by atoms with Crippen molar-refractivity contribution in [2.24, 2.45) is 0 Å². The molecule has 0 N–H and O–H groups in total. The van der Waals surface area contributed by atoms with Crippen LogP contribution >= 0.6 is 11.3 Å². The van der Waals surface area contributed by atoms with E-state index in [4.69, 9.17) is 4.74 Å². The van der Waals surface area contributed by atoms with Crippen LogP contribution in [0.5, 0.6) is 5.88 Å². The Hall–Kier alpha value is -3.33. The summed E-state index contributed by atoms with van der Waals surface area (Å²) in [6.45, 7) is 0.